The molecule has 0 radical (unpaired) electrons. The van der Waals surface area contributed by atoms with E-state index < -0.39 is 0 Å². The number of rotatable bonds is 5. The third-order valence-corrected chi connectivity index (χ3v) is 4.83. The maximum Gasteiger partial charge on any atom is 0.254 e. The molecule has 0 saturated carbocycles. The van der Waals surface area contributed by atoms with Gasteiger partial charge in [-0.15, -0.1) is 0 Å². The molecule has 0 unspecified atom stereocenters. The third-order valence-electron chi connectivity index (χ3n) is 4.83. The Kier molecular flexibility index (Phi) is 4.68. The number of hydrogen-bond donors (Lipinski definition) is 1. The van der Waals surface area contributed by atoms with Gasteiger partial charge in [0.05, 0.1) is 25.8 Å². The molecule has 1 N–H and O–H groups in total. The summed E-state index contributed by atoms with van der Waals surface area (Å²) in [5.74, 6) is 1.78. The minimum absolute atomic E-state index is 0.135. The molecular formula is C20H20N2O6. The highest BCUT2D eigenvalue weighted by Crippen LogP contribution is 2.34. The number of likely N-dealkylation sites (tertiary alicyclic amines) is 1. The molecule has 2 aliphatic rings. The van der Waals surface area contributed by atoms with Gasteiger partial charge in [0.25, 0.3) is 5.91 Å². The fraction of sp³-hybridized carbons (Fsp3) is 0.300. The van der Waals surface area contributed by atoms with E-state index in [0.29, 0.717) is 47.3 Å². The first-order chi connectivity index (χ1) is 13.6. The van der Waals surface area contributed by atoms with Crippen LogP contribution in [0, 0.1) is 5.92 Å². The molecule has 2 aromatic carbocycles. The number of carbonyl (C=O) groups excluding carboxylic acids is 2. The second-order valence-electron chi connectivity index (χ2n) is 6.53. The van der Waals surface area contributed by atoms with Crippen molar-refractivity contribution in [2.24, 2.45) is 5.92 Å². The summed E-state index contributed by atoms with van der Waals surface area (Å²) in [5, 5.41) is 2.85. The molecule has 0 aromatic heterocycles. The second kappa shape index (κ2) is 7.30. The van der Waals surface area contributed by atoms with Gasteiger partial charge in [-0.2, -0.15) is 0 Å². The second-order valence-corrected chi connectivity index (χ2v) is 6.53. The number of methoxy groups -OCH3 is 2. The number of amides is 2. The highest BCUT2D eigenvalue weighted by atomic mass is 16.7. The van der Waals surface area contributed by atoms with Crippen LogP contribution in [0.25, 0.3) is 0 Å². The molecule has 0 atom stereocenters. The first kappa shape index (κ1) is 18.0. The van der Waals surface area contributed by atoms with Gasteiger partial charge in [-0.3, -0.25) is 9.59 Å². The molecular weight excluding hydrogens is 364 g/mol. The number of hydrogen-bond acceptors (Lipinski definition) is 6. The largest absolute Gasteiger partial charge is 0.497 e. The molecule has 0 bridgehead atoms. The first-order valence-electron chi connectivity index (χ1n) is 8.81. The summed E-state index contributed by atoms with van der Waals surface area (Å²) in [4.78, 5) is 26.7. The van der Waals surface area contributed by atoms with Crippen molar-refractivity contribution in [2.75, 3.05) is 39.4 Å². The number of fused-ring (bicyclic) bond motifs is 1. The van der Waals surface area contributed by atoms with Crippen LogP contribution in [-0.4, -0.2) is 50.8 Å². The Bertz CT molecular complexity index is 923. The lowest BCUT2D eigenvalue weighted by Crippen LogP contribution is -2.54. The van der Waals surface area contributed by atoms with Gasteiger partial charge in [-0.1, -0.05) is 0 Å². The summed E-state index contributed by atoms with van der Waals surface area (Å²) < 4.78 is 21.0. The van der Waals surface area contributed by atoms with Crippen LogP contribution in [0.4, 0.5) is 5.69 Å². The lowest BCUT2D eigenvalue weighted by Gasteiger charge is -2.38. The monoisotopic (exact) mass is 384 g/mol. The summed E-state index contributed by atoms with van der Waals surface area (Å²) in [6.45, 7) is 0.878. The fourth-order valence-electron chi connectivity index (χ4n) is 3.16. The lowest BCUT2D eigenvalue weighted by molar-refractivity contribution is -0.123. The highest BCUT2D eigenvalue weighted by Gasteiger charge is 2.36. The zero-order valence-electron chi connectivity index (χ0n) is 15.6. The zero-order valence-corrected chi connectivity index (χ0v) is 15.6. The lowest BCUT2D eigenvalue weighted by atomic mass is 9.97. The molecule has 8 nitrogen and oxygen atoms in total. The van der Waals surface area contributed by atoms with Crippen LogP contribution < -0.4 is 24.3 Å². The Labute approximate surface area is 161 Å². The minimum atomic E-state index is -0.273. The van der Waals surface area contributed by atoms with Crippen LogP contribution in [0.5, 0.6) is 23.0 Å². The van der Waals surface area contributed by atoms with Crippen LogP contribution in [-0.2, 0) is 4.79 Å². The van der Waals surface area contributed by atoms with Gasteiger partial charge in [0.1, 0.15) is 11.5 Å². The topological polar surface area (TPSA) is 86.3 Å². The van der Waals surface area contributed by atoms with Crippen molar-refractivity contribution in [1.82, 2.24) is 4.90 Å². The van der Waals surface area contributed by atoms with Gasteiger partial charge < -0.3 is 29.2 Å². The average Bonchev–Trinajstić information content (AvgIpc) is 3.14. The average molecular weight is 384 g/mol. The summed E-state index contributed by atoms with van der Waals surface area (Å²) >= 11 is 0. The smallest absolute Gasteiger partial charge is 0.254 e. The quantitative estimate of drug-likeness (QED) is 0.850. The number of carbonyl (C=O) groups is 2. The highest BCUT2D eigenvalue weighted by molar-refractivity contribution is 5.99. The van der Waals surface area contributed by atoms with Crippen molar-refractivity contribution in [3.63, 3.8) is 0 Å². The standard InChI is InChI=1S/C20H20N2O6/c1-25-14-4-5-15(17(8-14)26-2)21-19(23)13-9-22(10-13)20(24)12-3-6-16-18(7-12)28-11-27-16/h3-8,13H,9-11H2,1-2H3,(H,21,23). The normalized spacial score (nSPS) is 15.0. The van der Waals surface area contributed by atoms with Gasteiger partial charge in [-0.25, -0.2) is 0 Å². The van der Waals surface area contributed by atoms with Gasteiger partial charge in [0.15, 0.2) is 11.5 Å². The van der Waals surface area contributed by atoms with E-state index in [-0.39, 0.29) is 24.5 Å². The van der Waals surface area contributed by atoms with E-state index in [9.17, 15) is 9.59 Å². The SMILES string of the molecule is COc1ccc(NC(=O)C2CN(C(=O)c3ccc4c(c3)OCO4)C2)c(OC)c1. The van der Waals surface area contributed by atoms with E-state index in [1.165, 1.54) is 7.11 Å². The van der Waals surface area contributed by atoms with Crippen LogP contribution in [0.2, 0.25) is 0 Å². The number of nitrogens with zero attached hydrogens (tertiary/aromatic N) is 1. The van der Waals surface area contributed by atoms with Gasteiger partial charge in [-0.05, 0) is 30.3 Å². The van der Waals surface area contributed by atoms with Crippen molar-refractivity contribution in [3.8, 4) is 23.0 Å². The molecule has 0 aliphatic carbocycles. The molecule has 8 heteroatoms. The zero-order chi connectivity index (χ0) is 19.7. The van der Waals surface area contributed by atoms with Crippen LogP contribution in [0.15, 0.2) is 36.4 Å². The summed E-state index contributed by atoms with van der Waals surface area (Å²) in [7, 11) is 3.09. The first-order valence-corrected chi connectivity index (χ1v) is 8.81. The van der Waals surface area contributed by atoms with Gasteiger partial charge in [0.2, 0.25) is 12.7 Å². The molecule has 4 rings (SSSR count). The van der Waals surface area contributed by atoms with E-state index in [4.69, 9.17) is 18.9 Å². The predicted molar refractivity (Wildman–Crippen MR) is 100 cm³/mol. The van der Waals surface area contributed by atoms with Crippen molar-refractivity contribution in [1.29, 1.82) is 0 Å². The van der Waals surface area contributed by atoms with Gasteiger partial charge >= 0.3 is 0 Å². The Morgan fingerprint density at radius 2 is 1.82 bits per heavy atom. The Hall–Kier alpha value is -3.42. The predicted octanol–water partition coefficient (Wildman–Crippen LogP) is 2.14. The van der Waals surface area contributed by atoms with Gasteiger partial charge in [0, 0.05) is 24.7 Å². The van der Waals surface area contributed by atoms with Crippen molar-refractivity contribution < 1.29 is 28.5 Å². The summed E-state index contributed by atoms with van der Waals surface area (Å²) in [5.41, 5.74) is 1.08. The van der Waals surface area contributed by atoms with Crippen molar-refractivity contribution >= 4 is 17.5 Å². The number of benzene rings is 2. The third kappa shape index (κ3) is 3.28. The molecule has 2 aliphatic heterocycles. The number of ether oxygens (including phenoxy) is 4. The molecule has 2 amide bonds. The van der Waals surface area contributed by atoms with Crippen molar-refractivity contribution in [3.05, 3.63) is 42.0 Å². The maximum atomic E-state index is 12.6. The van der Waals surface area contributed by atoms with E-state index in [2.05, 4.69) is 5.32 Å². The van der Waals surface area contributed by atoms with Crippen LogP contribution >= 0.6 is 0 Å². The van der Waals surface area contributed by atoms with E-state index >= 15 is 0 Å². The molecule has 2 aromatic rings. The van der Waals surface area contributed by atoms with E-state index in [1.807, 2.05) is 0 Å². The molecule has 146 valence electrons. The van der Waals surface area contributed by atoms with E-state index in [1.54, 1.807) is 48.4 Å². The van der Waals surface area contributed by atoms with E-state index in [0.717, 1.165) is 0 Å². The Morgan fingerprint density at radius 3 is 2.57 bits per heavy atom. The maximum absolute atomic E-state index is 12.6. The fourth-order valence-corrected chi connectivity index (χ4v) is 3.16. The number of nitrogens with one attached hydrogen (secondary N) is 1. The summed E-state index contributed by atoms with van der Waals surface area (Å²) in [6.07, 6.45) is 0. The molecule has 2 heterocycles. The molecule has 1 saturated heterocycles. The Balaban J connectivity index is 1.36. The van der Waals surface area contributed by atoms with Crippen LogP contribution in [0.3, 0.4) is 0 Å². The summed E-state index contributed by atoms with van der Waals surface area (Å²) in [6, 6.07) is 10.3. The minimum Gasteiger partial charge on any atom is -0.497 e. The van der Waals surface area contributed by atoms with Crippen LogP contribution in [0.1, 0.15) is 10.4 Å². The molecule has 1 fully saturated rings. The molecule has 0 spiro atoms. The Morgan fingerprint density at radius 1 is 1.04 bits per heavy atom. The number of anilines is 1. The molecule has 28 heavy (non-hydrogen) atoms. The van der Waals surface area contributed by atoms with Crippen molar-refractivity contribution in [2.45, 2.75) is 0 Å².